The van der Waals surface area contributed by atoms with Gasteiger partial charge in [0.05, 0.1) is 10.6 Å². The van der Waals surface area contributed by atoms with Gasteiger partial charge in [-0.1, -0.05) is 5.92 Å². The second kappa shape index (κ2) is 7.20. The lowest BCUT2D eigenvalue weighted by Crippen LogP contribution is -2.26. The number of benzene rings is 1. The number of nitrogen functional groups attached to an aromatic ring is 1. The van der Waals surface area contributed by atoms with E-state index in [0.29, 0.717) is 33.8 Å². The molecule has 0 radical (unpaired) electrons. The fourth-order valence-electron chi connectivity index (χ4n) is 1.42. The molecule has 0 unspecified atom stereocenters. The molecule has 4 nitrogen and oxygen atoms in total. The Morgan fingerprint density at radius 1 is 1.53 bits per heavy atom. The standard InChI is InChI=1S/C12H15BrN2O2S2/c1-3-5-18-6-4-15-19(16,17)12-8-11(14)10(13)7-9(12)2/h1,7-8,15H,4-6,14H2,2H3. The van der Waals surface area contributed by atoms with E-state index < -0.39 is 10.0 Å². The molecule has 0 saturated heterocycles. The molecule has 0 heterocycles. The van der Waals surface area contributed by atoms with Crippen molar-refractivity contribution in [2.75, 3.05) is 23.8 Å². The van der Waals surface area contributed by atoms with E-state index in [0.717, 1.165) is 0 Å². The number of anilines is 1. The smallest absolute Gasteiger partial charge is 0.240 e. The van der Waals surface area contributed by atoms with Crippen LogP contribution in [0.2, 0.25) is 0 Å². The highest BCUT2D eigenvalue weighted by Gasteiger charge is 2.17. The van der Waals surface area contributed by atoms with Crippen LogP contribution in [0.15, 0.2) is 21.5 Å². The maximum absolute atomic E-state index is 12.1. The van der Waals surface area contributed by atoms with E-state index in [1.807, 2.05) is 0 Å². The van der Waals surface area contributed by atoms with Crippen LogP contribution < -0.4 is 10.5 Å². The summed E-state index contributed by atoms with van der Waals surface area (Å²) in [4.78, 5) is 0.204. The Bertz CT molecular complexity index is 594. The third kappa shape index (κ3) is 4.73. The van der Waals surface area contributed by atoms with Gasteiger partial charge in [-0.25, -0.2) is 13.1 Å². The zero-order chi connectivity index (χ0) is 14.5. The van der Waals surface area contributed by atoms with Gasteiger partial charge in [-0.05, 0) is 40.5 Å². The van der Waals surface area contributed by atoms with E-state index >= 15 is 0 Å². The fraction of sp³-hybridized carbons (Fsp3) is 0.333. The van der Waals surface area contributed by atoms with E-state index in [9.17, 15) is 8.42 Å². The molecule has 1 rings (SSSR count). The molecule has 0 spiro atoms. The normalized spacial score (nSPS) is 11.2. The minimum absolute atomic E-state index is 0.204. The van der Waals surface area contributed by atoms with Gasteiger partial charge in [0, 0.05) is 22.5 Å². The van der Waals surface area contributed by atoms with Gasteiger partial charge in [-0.15, -0.1) is 18.2 Å². The number of nitrogens with one attached hydrogen (secondary N) is 1. The Labute approximate surface area is 126 Å². The molecule has 0 aliphatic carbocycles. The topological polar surface area (TPSA) is 72.2 Å². The van der Waals surface area contributed by atoms with Crippen molar-refractivity contribution in [2.45, 2.75) is 11.8 Å². The number of hydrogen-bond donors (Lipinski definition) is 2. The van der Waals surface area contributed by atoms with E-state index in [1.165, 1.54) is 17.8 Å². The summed E-state index contributed by atoms with van der Waals surface area (Å²) in [6.45, 7) is 2.07. The lowest BCUT2D eigenvalue weighted by molar-refractivity contribution is 0.583. The zero-order valence-electron chi connectivity index (χ0n) is 10.4. The zero-order valence-corrected chi connectivity index (χ0v) is 13.7. The summed E-state index contributed by atoms with van der Waals surface area (Å²) >= 11 is 4.77. The summed E-state index contributed by atoms with van der Waals surface area (Å²) in [6, 6.07) is 3.15. The van der Waals surface area contributed by atoms with Crippen LogP contribution in [0.25, 0.3) is 0 Å². The highest BCUT2D eigenvalue weighted by atomic mass is 79.9. The van der Waals surface area contributed by atoms with Gasteiger partial charge in [0.1, 0.15) is 0 Å². The molecule has 104 valence electrons. The van der Waals surface area contributed by atoms with Gasteiger partial charge >= 0.3 is 0 Å². The Morgan fingerprint density at radius 2 is 2.21 bits per heavy atom. The first-order chi connectivity index (χ1) is 8.88. The third-order valence-corrected chi connectivity index (χ3v) is 5.46. The number of thioether (sulfide) groups is 1. The molecule has 0 atom stereocenters. The van der Waals surface area contributed by atoms with Crippen LogP contribution in [0.5, 0.6) is 0 Å². The van der Waals surface area contributed by atoms with Gasteiger partial charge in [0.15, 0.2) is 0 Å². The molecule has 0 aliphatic rings. The van der Waals surface area contributed by atoms with E-state index in [4.69, 9.17) is 12.2 Å². The van der Waals surface area contributed by atoms with Crippen LogP contribution in [0.3, 0.4) is 0 Å². The Balaban J connectivity index is 2.78. The summed E-state index contributed by atoms with van der Waals surface area (Å²) in [5.74, 6) is 3.69. The van der Waals surface area contributed by atoms with E-state index in [1.54, 1.807) is 13.0 Å². The number of hydrogen-bond acceptors (Lipinski definition) is 4. The van der Waals surface area contributed by atoms with Crippen molar-refractivity contribution in [3.05, 3.63) is 22.2 Å². The number of nitrogens with two attached hydrogens (primary N) is 1. The quantitative estimate of drug-likeness (QED) is 0.461. The van der Waals surface area contributed by atoms with Crippen LogP contribution in [0.4, 0.5) is 5.69 Å². The molecular formula is C12H15BrN2O2S2. The predicted molar refractivity (Wildman–Crippen MR) is 84.6 cm³/mol. The SMILES string of the molecule is C#CCSCCNS(=O)(=O)c1cc(N)c(Br)cc1C. The largest absolute Gasteiger partial charge is 0.398 e. The molecule has 0 bridgehead atoms. The number of aryl methyl sites for hydroxylation is 1. The highest BCUT2D eigenvalue weighted by Crippen LogP contribution is 2.26. The first-order valence-electron chi connectivity index (χ1n) is 5.45. The number of terminal acetylenes is 1. The summed E-state index contributed by atoms with van der Waals surface area (Å²) < 4.78 is 27.5. The van der Waals surface area contributed by atoms with Crippen molar-refractivity contribution >= 4 is 43.4 Å². The summed E-state index contributed by atoms with van der Waals surface area (Å²) in [5.41, 5.74) is 6.75. The minimum atomic E-state index is -3.53. The third-order valence-electron chi connectivity index (χ3n) is 2.31. The summed E-state index contributed by atoms with van der Waals surface area (Å²) in [6.07, 6.45) is 5.11. The Morgan fingerprint density at radius 3 is 2.84 bits per heavy atom. The van der Waals surface area contributed by atoms with Crippen LogP contribution in [0, 0.1) is 19.3 Å². The average Bonchev–Trinajstić information content (AvgIpc) is 2.33. The average molecular weight is 363 g/mol. The van der Waals surface area contributed by atoms with Crippen LogP contribution in [0.1, 0.15) is 5.56 Å². The van der Waals surface area contributed by atoms with E-state index in [2.05, 4.69) is 26.6 Å². The van der Waals surface area contributed by atoms with Gasteiger partial charge in [0.2, 0.25) is 10.0 Å². The van der Waals surface area contributed by atoms with Crippen molar-refractivity contribution in [1.29, 1.82) is 0 Å². The first kappa shape index (κ1) is 16.4. The lowest BCUT2D eigenvalue weighted by atomic mass is 10.2. The van der Waals surface area contributed by atoms with Crippen molar-refractivity contribution in [1.82, 2.24) is 4.72 Å². The molecule has 0 aromatic heterocycles. The number of halogens is 1. The second-order valence-corrected chi connectivity index (χ2v) is 7.49. The van der Waals surface area contributed by atoms with Crippen molar-refractivity contribution < 1.29 is 8.42 Å². The van der Waals surface area contributed by atoms with Gasteiger partial charge in [0.25, 0.3) is 0 Å². The maximum Gasteiger partial charge on any atom is 0.240 e. The summed E-state index contributed by atoms with van der Waals surface area (Å²) in [7, 11) is -3.53. The monoisotopic (exact) mass is 362 g/mol. The van der Waals surface area contributed by atoms with E-state index in [-0.39, 0.29) is 4.90 Å². The molecule has 1 aromatic rings. The molecule has 0 aliphatic heterocycles. The van der Waals surface area contributed by atoms with Crippen molar-refractivity contribution in [2.24, 2.45) is 0 Å². The molecule has 1 aromatic carbocycles. The minimum Gasteiger partial charge on any atom is -0.398 e. The van der Waals surface area contributed by atoms with Gasteiger partial charge in [-0.2, -0.15) is 0 Å². The molecule has 19 heavy (non-hydrogen) atoms. The fourth-order valence-corrected chi connectivity index (χ4v) is 3.80. The van der Waals surface area contributed by atoms with Crippen molar-refractivity contribution in [3.8, 4) is 12.3 Å². The predicted octanol–water partition coefficient (Wildman–Crippen LogP) is 1.98. The van der Waals surface area contributed by atoms with Crippen molar-refractivity contribution in [3.63, 3.8) is 0 Å². The maximum atomic E-state index is 12.1. The Kier molecular flexibility index (Phi) is 6.20. The molecule has 0 amide bonds. The number of sulfonamides is 1. The van der Waals surface area contributed by atoms with Gasteiger partial charge in [-0.3, -0.25) is 0 Å². The second-order valence-electron chi connectivity index (χ2n) is 3.79. The lowest BCUT2D eigenvalue weighted by Gasteiger charge is -2.10. The van der Waals surface area contributed by atoms with Crippen LogP contribution >= 0.6 is 27.7 Å². The van der Waals surface area contributed by atoms with Crippen LogP contribution in [-0.2, 0) is 10.0 Å². The molecular weight excluding hydrogens is 348 g/mol. The molecule has 0 fully saturated rings. The Hall–Kier alpha value is -0.680. The van der Waals surface area contributed by atoms with Crippen LogP contribution in [-0.4, -0.2) is 26.5 Å². The first-order valence-corrected chi connectivity index (χ1v) is 8.88. The molecule has 3 N–H and O–H groups in total. The molecule has 0 saturated carbocycles. The van der Waals surface area contributed by atoms with Gasteiger partial charge < -0.3 is 5.73 Å². The molecule has 7 heteroatoms. The summed E-state index contributed by atoms with van der Waals surface area (Å²) in [5, 5.41) is 0. The number of rotatable bonds is 6. The highest BCUT2D eigenvalue weighted by molar-refractivity contribution is 9.10.